The van der Waals surface area contributed by atoms with E-state index in [-0.39, 0.29) is 19.0 Å². The zero-order chi connectivity index (χ0) is 15.0. The second kappa shape index (κ2) is 8.55. The highest BCUT2D eigenvalue weighted by atomic mass is 35.5. The van der Waals surface area contributed by atoms with Crippen molar-refractivity contribution in [3.63, 3.8) is 0 Å². The molecule has 0 aromatic heterocycles. The van der Waals surface area contributed by atoms with Crippen molar-refractivity contribution in [1.29, 1.82) is 0 Å². The van der Waals surface area contributed by atoms with Crippen LogP contribution in [0.1, 0.15) is 19.8 Å². The first-order chi connectivity index (χ1) is 9.52. The molecular formula is C14H20ClN3O2. The van der Waals surface area contributed by atoms with Crippen LogP contribution in [0.2, 0.25) is 5.02 Å². The molecule has 20 heavy (non-hydrogen) atoms. The summed E-state index contributed by atoms with van der Waals surface area (Å²) in [7, 11) is 0. The molecule has 0 spiro atoms. The smallest absolute Gasteiger partial charge is 0.238 e. The fourth-order valence-electron chi connectivity index (χ4n) is 1.77. The lowest BCUT2D eigenvalue weighted by atomic mass is 10.3. The summed E-state index contributed by atoms with van der Waals surface area (Å²) in [6, 6.07) is 7.01. The van der Waals surface area contributed by atoms with Crippen molar-refractivity contribution in [3.05, 3.63) is 29.3 Å². The number of hydrogen-bond acceptors (Lipinski definition) is 3. The Morgan fingerprint density at radius 2 is 2.00 bits per heavy atom. The maximum absolute atomic E-state index is 12.0. The first-order valence-electron chi connectivity index (χ1n) is 6.58. The van der Waals surface area contributed by atoms with Gasteiger partial charge < -0.3 is 11.1 Å². The highest BCUT2D eigenvalue weighted by molar-refractivity contribution is 6.33. The van der Waals surface area contributed by atoms with Crippen molar-refractivity contribution in [2.24, 2.45) is 5.73 Å². The fraction of sp³-hybridized carbons (Fsp3) is 0.429. The van der Waals surface area contributed by atoms with E-state index in [9.17, 15) is 9.59 Å². The van der Waals surface area contributed by atoms with E-state index in [1.807, 2.05) is 6.92 Å². The molecule has 0 aliphatic carbocycles. The Morgan fingerprint density at radius 3 is 2.60 bits per heavy atom. The largest absolute Gasteiger partial charge is 0.369 e. The number of halogens is 1. The Hall–Kier alpha value is -1.59. The van der Waals surface area contributed by atoms with Gasteiger partial charge in [-0.1, -0.05) is 37.1 Å². The number of anilines is 1. The number of hydrogen-bond donors (Lipinski definition) is 2. The van der Waals surface area contributed by atoms with Crippen molar-refractivity contribution in [3.8, 4) is 0 Å². The minimum atomic E-state index is -0.438. The topological polar surface area (TPSA) is 75.4 Å². The van der Waals surface area contributed by atoms with E-state index in [2.05, 4.69) is 5.32 Å². The number of carbonyl (C=O) groups is 2. The molecular weight excluding hydrogens is 278 g/mol. The van der Waals surface area contributed by atoms with E-state index in [0.29, 0.717) is 17.3 Å². The molecule has 0 saturated carbocycles. The second-order valence-electron chi connectivity index (χ2n) is 4.56. The standard InChI is InChI=1S/C14H20ClN3O2/c1-2-3-8-18(9-13(16)19)10-14(20)17-12-7-5-4-6-11(12)15/h4-7H,2-3,8-10H2,1H3,(H2,16,19)(H,17,20). The van der Waals surface area contributed by atoms with Crippen LogP contribution >= 0.6 is 11.6 Å². The van der Waals surface area contributed by atoms with Crippen molar-refractivity contribution in [2.45, 2.75) is 19.8 Å². The number of amides is 2. The number of rotatable bonds is 8. The van der Waals surface area contributed by atoms with Gasteiger partial charge in [-0.05, 0) is 25.1 Å². The van der Waals surface area contributed by atoms with Crippen LogP contribution in [0, 0.1) is 0 Å². The van der Waals surface area contributed by atoms with Gasteiger partial charge >= 0.3 is 0 Å². The third-order valence-electron chi connectivity index (χ3n) is 2.72. The van der Waals surface area contributed by atoms with Crippen LogP contribution in [-0.4, -0.2) is 36.3 Å². The van der Waals surface area contributed by atoms with E-state index < -0.39 is 5.91 Å². The van der Waals surface area contributed by atoms with E-state index in [1.165, 1.54) is 0 Å². The average Bonchev–Trinajstić information content (AvgIpc) is 2.38. The minimum absolute atomic E-state index is 0.0793. The lowest BCUT2D eigenvalue weighted by molar-refractivity contribution is -0.121. The van der Waals surface area contributed by atoms with Gasteiger partial charge in [0.1, 0.15) is 0 Å². The molecule has 0 radical (unpaired) electrons. The van der Waals surface area contributed by atoms with E-state index in [4.69, 9.17) is 17.3 Å². The molecule has 0 bridgehead atoms. The summed E-state index contributed by atoms with van der Waals surface area (Å²) in [6.45, 7) is 2.91. The average molecular weight is 298 g/mol. The molecule has 1 aromatic rings. The summed E-state index contributed by atoms with van der Waals surface area (Å²) in [4.78, 5) is 24.7. The van der Waals surface area contributed by atoms with Crippen molar-refractivity contribution in [2.75, 3.05) is 25.0 Å². The Balaban J connectivity index is 2.56. The van der Waals surface area contributed by atoms with Gasteiger partial charge in [0.2, 0.25) is 11.8 Å². The van der Waals surface area contributed by atoms with Crippen LogP contribution in [0.15, 0.2) is 24.3 Å². The number of primary amides is 1. The van der Waals surface area contributed by atoms with Gasteiger partial charge in [-0.3, -0.25) is 14.5 Å². The molecule has 3 N–H and O–H groups in total. The number of carbonyl (C=O) groups excluding carboxylic acids is 2. The van der Waals surface area contributed by atoms with Crippen LogP contribution in [0.25, 0.3) is 0 Å². The summed E-state index contributed by atoms with van der Waals surface area (Å²) in [5.41, 5.74) is 5.75. The predicted molar refractivity (Wildman–Crippen MR) is 80.6 cm³/mol. The first kappa shape index (κ1) is 16.5. The van der Waals surface area contributed by atoms with Crippen molar-refractivity contribution < 1.29 is 9.59 Å². The highest BCUT2D eigenvalue weighted by Crippen LogP contribution is 2.20. The van der Waals surface area contributed by atoms with E-state index in [0.717, 1.165) is 12.8 Å². The summed E-state index contributed by atoms with van der Waals surface area (Å²) in [5.74, 6) is -0.651. The van der Waals surface area contributed by atoms with Crippen LogP contribution in [0.4, 0.5) is 5.69 Å². The third-order valence-corrected chi connectivity index (χ3v) is 3.05. The predicted octanol–water partition coefficient (Wildman–Crippen LogP) is 1.87. The molecule has 0 unspecified atom stereocenters. The Bertz CT molecular complexity index is 465. The number of nitrogens with zero attached hydrogens (tertiary/aromatic N) is 1. The molecule has 6 heteroatoms. The Labute approximate surface area is 124 Å². The van der Waals surface area contributed by atoms with Gasteiger partial charge in [0.05, 0.1) is 23.8 Å². The van der Waals surface area contributed by atoms with E-state index >= 15 is 0 Å². The van der Waals surface area contributed by atoms with Crippen LogP contribution < -0.4 is 11.1 Å². The van der Waals surface area contributed by atoms with Gasteiger partial charge in [-0.15, -0.1) is 0 Å². The Morgan fingerprint density at radius 1 is 1.30 bits per heavy atom. The summed E-state index contributed by atoms with van der Waals surface area (Å²) in [6.07, 6.45) is 1.90. The summed E-state index contributed by atoms with van der Waals surface area (Å²) in [5, 5.41) is 3.21. The van der Waals surface area contributed by atoms with E-state index in [1.54, 1.807) is 29.2 Å². The normalized spacial score (nSPS) is 10.6. The zero-order valence-electron chi connectivity index (χ0n) is 11.6. The maximum atomic E-state index is 12.0. The molecule has 110 valence electrons. The molecule has 0 fully saturated rings. The molecule has 0 aliphatic heterocycles. The maximum Gasteiger partial charge on any atom is 0.238 e. The van der Waals surface area contributed by atoms with Crippen molar-refractivity contribution >= 4 is 29.1 Å². The number of unbranched alkanes of at least 4 members (excludes halogenated alkanes) is 1. The summed E-state index contributed by atoms with van der Waals surface area (Å²) >= 11 is 5.97. The molecule has 0 atom stereocenters. The van der Waals surface area contributed by atoms with Gasteiger partial charge in [0.15, 0.2) is 0 Å². The first-order valence-corrected chi connectivity index (χ1v) is 6.95. The number of nitrogens with one attached hydrogen (secondary N) is 1. The SMILES string of the molecule is CCCCN(CC(N)=O)CC(=O)Nc1ccccc1Cl. The van der Waals surface area contributed by atoms with Gasteiger partial charge in [-0.25, -0.2) is 0 Å². The zero-order valence-corrected chi connectivity index (χ0v) is 12.3. The highest BCUT2D eigenvalue weighted by Gasteiger charge is 2.13. The minimum Gasteiger partial charge on any atom is -0.369 e. The van der Waals surface area contributed by atoms with Gasteiger partial charge in [0.25, 0.3) is 0 Å². The number of para-hydroxylation sites is 1. The molecule has 5 nitrogen and oxygen atoms in total. The second-order valence-corrected chi connectivity index (χ2v) is 4.97. The van der Waals surface area contributed by atoms with Crippen molar-refractivity contribution in [1.82, 2.24) is 4.90 Å². The number of benzene rings is 1. The number of nitrogens with two attached hydrogens (primary N) is 1. The van der Waals surface area contributed by atoms with Gasteiger partial charge in [-0.2, -0.15) is 0 Å². The molecule has 2 amide bonds. The van der Waals surface area contributed by atoms with Crippen LogP contribution in [0.3, 0.4) is 0 Å². The lowest BCUT2D eigenvalue weighted by Crippen LogP contribution is -2.39. The van der Waals surface area contributed by atoms with Gasteiger partial charge in [0, 0.05) is 0 Å². The van der Waals surface area contributed by atoms with Crippen LogP contribution in [0.5, 0.6) is 0 Å². The fourth-order valence-corrected chi connectivity index (χ4v) is 1.95. The molecule has 1 aromatic carbocycles. The quantitative estimate of drug-likeness (QED) is 0.769. The lowest BCUT2D eigenvalue weighted by Gasteiger charge is -2.20. The Kier molecular flexibility index (Phi) is 7.04. The monoisotopic (exact) mass is 297 g/mol. The molecule has 0 heterocycles. The summed E-state index contributed by atoms with van der Waals surface area (Å²) < 4.78 is 0. The van der Waals surface area contributed by atoms with Crippen LogP contribution in [-0.2, 0) is 9.59 Å². The molecule has 1 rings (SSSR count). The molecule has 0 aliphatic rings. The third kappa shape index (κ3) is 6.04. The molecule has 0 saturated heterocycles.